The molecule has 0 N–H and O–H groups in total. The molecule has 6 nitrogen and oxygen atoms in total. The highest BCUT2D eigenvalue weighted by Gasteiger charge is 2.48. The molecule has 0 fully saturated rings. The van der Waals surface area contributed by atoms with E-state index in [2.05, 4.69) is 6.58 Å². The third-order valence-electron chi connectivity index (χ3n) is 2.90. The van der Waals surface area contributed by atoms with E-state index < -0.39 is 14.9 Å². The minimum atomic E-state index is -2.97. The number of hydrogen-bond donors (Lipinski definition) is 0. The van der Waals surface area contributed by atoms with E-state index in [9.17, 15) is 9.90 Å². The van der Waals surface area contributed by atoms with Gasteiger partial charge in [-0.25, -0.2) is 0 Å². The SMILES string of the molecule is C=CC[N+](CC)(C[Si](OC)(OC)OC)C(=O)[O-]. The monoisotopic (exact) mass is 263 g/mol. The van der Waals surface area contributed by atoms with Crippen molar-refractivity contribution in [2.75, 3.05) is 40.6 Å². The number of carbonyl (C=O) groups excluding carboxylic acids is 1. The molecule has 0 aliphatic rings. The van der Waals surface area contributed by atoms with Crippen LogP contribution < -0.4 is 5.11 Å². The molecule has 0 aliphatic heterocycles. The maximum Gasteiger partial charge on any atom is 0.558 e. The molecule has 17 heavy (non-hydrogen) atoms. The van der Waals surface area contributed by atoms with E-state index >= 15 is 0 Å². The first-order valence-electron chi connectivity index (χ1n) is 5.29. The predicted molar refractivity (Wildman–Crippen MR) is 62.9 cm³/mol. The average molecular weight is 263 g/mol. The summed E-state index contributed by atoms with van der Waals surface area (Å²) < 4.78 is 15.4. The zero-order valence-electron chi connectivity index (χ0n) is 10.9. The summed E-state index contributed by atoms with van der Waals surface area (Å²) in [7, 11) is 1.38. The van der Waals surface area contributed by atoms with Crippen molar-refractivity contribution >= 4 is 14.9 Å². The van der Waals surface area contributed by atoms with E-state index in [4.69, 9.17) is 13.3 Å². The van der Waals surface area contributed by atoms with Crippen molar-refractivity contribution < 1.29 is 27.7 Å². The van der Waals surface area contributed by atoms with Gasteiger partial charge in [0.2, 0.25) is 0 Å². The summed E-state index contributed by atoms with van der Waals surface area (Å²) in [5, 5.41) is 11.3. The van der Waals surface area contributed by atoms with Gasteiger partial charge in [-0.3, -0.25) is 4.48 Å². The van der Waals surface area contributed by atoms with Gasteiger partial charge in [0.05, 0.1) is 6.54 Å². The topological polar surface area (TPSA) is 67.8 Å². The number of amides is 1. The van der Waals surface area contributed by atoms with Gasteiger partial charge in [0.15, 0.2) is 6.17 Å². The number of carbonyl (C=O) groups is 1. The Hall–Kier alpha value is -0.733. The third kappa shape index (κ3) is 3.61. The molecule has 0 spiro atoms. The zero-order chi connectivity index (χ0) is 13.5. The van der Waals surface area contributed by atoms with Crippen LogP contribution in [0.3, 0.4) is 0 Å². The summed E-state index contributed by atoms with van der Waals surface area (Å²) in [6.45, 7) is 5.92. The summed E-state index contributed by atoms with van der Waals surface area (Å²) >= 11 is 0. The average Bonchev–Trinajstić information content (AvgIpc) is 2.35. The van der Waals surface area contributed by atoms with Crippen LogP contribution in [0.4, 0.5) is 4.79 Å². The van der Waals surface area contributed by atoms with Gasteiger partial charge in [-0.2, -0.15) is 0 Å². The summed E-state index contributed by atoms with van der Waals surface area (Å²) in [6.07, 6.45) is 0.469. The number of hydrogen-bond acceptors (Lipinski definition) is 5. The molecule has 0 saturated carbocycles. The minimum absolute atomic E-state index is 0.112. The van der Waals surface area contributed by atoms with E-state index in [1.807, 2.05) is 0 Å². The number of quaternary nitrogens is 1. The molecule has 0 aromatic heterocycles. The first-order chi connectivity index (χ1) is 7.95. The summed E-state index contributed by atoms with van der Waals surface area (Å²) in [6, 6.07) is 0. The van der Waals surface area contributed by atoms with Crippen LogP contribution in [0.25, 0.3) is 0 Å². The minimum Gasteiger partial charge on any atom is -0.498 e. The lowest BCUT2D eigenvalue weighted by Crippen LogP contribution is -2.67. The van der Waals surface area contributed by atoms with Gasteiger partial charge in [0, 0.05) is 21.3 Å². The van der Waals surface area contributed by atoms with Crippen LogP contribution in [0.1, 0.15) is 6.92 Å². The maximum atomic E-state index is 11.3. The fourth-order valence-electron chi connectivity index (χ4n) is 1.64. The molecule has 0 aromatic rings. The van der Waals surface area contributed by atoms with Crippen molar-refractivity contribution in [3.8, 4) is 0 Å². The van der Waals surface area contributed by atoms with Crippen molar-refractivity contribution in [3.05, 3.63) is 12.7 Å². The zero-order valence-corrected chi connectivity index (χ0v) is 11.9. The van der Waals surface area contributed by atoms with E-state index in [0.717, 1.165) is 0 Å². The van der Waals surface area contributed by atoms with Crippen LogP contribution in [0.5, 0.6) is 0 Å². The molecule has 7 heteroatoms. The second kappa shape index (κ2) is 6.87. The summed E-state index contributed by atoms with van der Waals surface area (Å²) in [5.41, 5.74) is 0. The predicted octanol–water partition coefficient (Wildman–Crippen LogP) is -0.230. The molecular weight excluding hydrogens is 242 g/mol. The molecule has 0 aromatic carbocycles. The second-order valence-corrected chi connectivity index (χ2v) is 6.56. The van der Waals surface area contributed by atoms with Gasteiger partial charge >= 0.3 is 8.80 Å². The van der Waals surface area contributed by atoms with Gasteiger partial charge in [-0.1, -0.05) is 6.58 Å². The largest absolute Gasteiger partial charge is 0.558 e. The molecule has 1 unspecified atom stereocenters. The summed E-state index contributed by atoms with van der Waals surface area (Å²) in [4.78, 5) is 11.3. The van der Waals surface area contributed by atoms with Crippen molar-refractivity contribution in [1.82, 2.24) is 0 Å². The fourth-order valence-corrected chi connectivity index (χ4v) is 3.75. The molecular formula is C10H21NO5Si. The van der Waals surface area contributed by atoms with Crippen LogP contribution in [0.15, 0.2) is 12.7 Å². The Morgan fingerprint density at radius 2 is 1.82 bits per heavy atom. The Balaban J connectivity index is 5.19. The Labute approximate surface area is 103 Å². The molecule has 1 atom stereocenters. The van der Waals surface area contributed by atoms with E-state index in [0.29, 0.717) is 6.54 Å². The second-order valence-electron chi connectivity index (χ2n) is 3.65. The molecule has 0 bridgehead atoms. The Morgan fingerprint density at radius 1 is 1.35 bits per heavy atom. The van der Waals surface area contributed by atoms with E-state index in [1.165, 1.54) is 21.3 Å². The van der Waals surface area contributed by atoms with E-state index in [-0.39, 0.29) is 17.2 Å². The third-order valence-corrected chi connectivity index (χ3v) is 5.76. The quantitative estimate of drug-likeness (QED) is 0.344. The number of nitrogens with zero attached hydrogens (tertiary/aromatic N) is 1. The summed E-state index contributed by atoms with van der Waals surface area (Å²) in [5.74, 6) is 0. The number of rotatable bonds is 8. The lowest BCUT2D eigenvalue weighted by atomic mass is 10.4. The van der Waals surface area contributed by atoms with Gasteiger partial charge < -0.3 is 23.2 Å². The van der Waals surface area contributed by atoms with Crippen LogP contribution in [0.2, 0.25) is 0 Å². The first-order valence-corrected chi connectivity index (χ1v) is 7.23. The Kier molecular flexibility index (Phi) is 6.57. The lowest BCUT2D eigenvalue weighted by Gasteiger charge is -2.39. The van der Waals surface area contributed by atoms with Crippen LogP contribution in [-0.4, -0.2) is 60.0 Å². The normalized spacial score (nSPS) is 15.3. The molecule has 1 amide bonds. The van der Waals surface area contributed by atoms with Gasteiger partial charge in [-0.15, -0.1) is 0 Å². The van der Waals surface area contributed by atoms with Crippen LogP contribution in [0, 0.1) is 0 Å². The van der Waals surface area contributed by atoms with Gasteiger partial charge in [0.25, 0.3) is 6.09 Å². The lowest BCUT2D eigenvalue weighted by molar-refractivity contribution is -0.861. The van der Waals surface area contributed by atoms with E-state index in [1.54, 1.807) is 13.0 Å². The Bertz CT molecular complexity index is 261. The molecule has 0 heterocycles. The standard InChI is InChI=1S/C10H21NO5Si/c1-6-8-11(7-2,10(12)13)9-17(14-3,15-4)16-5/h6H,1,7-9H2,2-5H3. The molecule has 0 rings (SSSR count). The van der Waals surface area contributed by atoms with Gasteiger partial charge in [-0.05, 0) is 13.0 Å². The highest BCUT2D eigenvalue weighted by Crippen LogP contribution is 2.16. The van der Waals surface area contributed by atoms with Crippen LogP contribution >= 0.6 is 0 Å². The van der Waals surface area contributed by atoms with Crippen molar-refractivity contribution in [3.63, 3.8) is 0 Å². The number of likely N-dealkylation sites (N-methyl/N-ethyl adjacent to an activating group) is 1. The van der Waals surface area contributed by atoms with Crippen LogP contribution in [-0.2, 0) is 13.3 Å². The fraction of sp³-hybridized carbons (Fsp3) is 0.700. The van der Waals surface area contributed by atoms with Gasteiger partial charge in [0.1, 0.15) is 6.54 Å². The smallest absolute Gasteiger partial charge is 0.498 e. The maximum absolute atomic E-state index is 11.3. The molecule has 0 aliphatic carbocycles. The molecule has 0 radical (unpaired) electrons. The number of carboxylic acid groups (broad SMARTS) is 1. The highest BCUT2D eigenvalue weighted by atomic mass is 28.4. The van der Waals surface area contributed by atoms with Crippen molar-refractivity contribution in [2.45, 2.75) is 6.92 Å². The van der Waals surface area contributed by atoms with Crippen molar-refractivity contribution in [1.29, 1.82) is 0 Å². The Morgan fingerprint density at radius 3 is 2.06 bits per heavy atom. The van der Waals surface area contributed by atoms with Crippen molar-refractivity contribution in [2.24, 2.45) is 0 Å². The highest BCUT2D eigenvalue weighted by molar-refractivity contribution is 6.60. The molecule has 0 saturated heterocycles. The first kappa shape index (κ1) is 16.3. The molecule has 100 valence electrons.